The summed E-state index contributed by atoms with van der Waals surface area (Å²) in [5.41, 5.74) is 0. The normalized spacial score (nSPS) is 14.2. The topological polar surface area (TPSA) is 98.7 Å². The third-order valence-electron chi connectivity index (χ3n) is 3.55. The Balaban J connectivity index is 0.000000523. The van der Waals surface area contributed by atoms with Crippen LogP contribution in [0.25, 0.3) is 0 Å². The van der Waals surface area contributed by atoms with E-state index >= 15 is 0 Å². The van der Waals surface area contributed by atoms with Gasteiger partial charge >= 0.3 is 16.8 Å². The molecule has 0 aromatic heterocycles. The Morgan fingerprint density at radius 1 is 0.690 bits per heavy atom. The predicted molar refractivity (Wildman–Crippen MR) is 109 cm³/mol. The van der Waals surface area contributed by atoms with Crippen molar-refractivity contribution >= 4 is 15.2 Å². The van der Waals surface area contributed by atoms with Gasteiger partial charge in [0.15, 0.2) is 15.2 Å². The summed E-state index contributed by atoms with van der Waals surface area (Å²) in [4.78, 5) is 22.7. The molecule has 9 heteroatoms. The Morgan fingerprint density at radius 3 is 1.28 bits per heavy atom. The molecular weight excluding hydrogens is 457 g/mol. The predicted octanol–water partition coefficient (Wildman–Crippen LogP) is 4.84. The van der Waals surface area contributed by atoms with Gasteiger partial charge in [0.05, 0.1) is 0 Å². The van der Waals surface area contributed by atoms with Crippen molar-refractivity contribution in [1.29, 1.82) is 0 Å². The molecule has 0 fully saturated rings. The van der Waals surface area contributed by atoms with Crippen molar-refractivity contribution in [1.82, 2.24) is 0 Å². The van der Waals surface area contributed by atoms with Crippen LogP contribution < -0.4 is 18.8 Å². The summed E-state index contributed by atoms with van der Waals surface area (Å²) in [5.74, 6) is 0.781. The Hall–Kier alpha value is -1.07. The summed E-state index contributed by atoms with van der Waals surface area (Å²) < 4.78 is 32.5. The summed E-state index contributed by atoms with van der Waals surface area (Å²) in [5, 5.41) is 0. The van der Waals surface area contributed by atoms with E-state index in [0.717, 1.165) is 12.8 Å². The Kier molecular flexibility index (Phi) is 14.3. The van der Waals surface area contributed by atoms with Gasteiger partial charge in [0.25, 0.3) is 0 Å². The van der Waals surface area contributed by atoms with Crippen LogP contribution in [-0.4, -0.2) is 12.3 Å². The molecule has 2 rings (SSSR count). The van der Waals surface area contributed by atoms with Gasteiger partial charge in [-0.3, -0.25) is 9.13 Å². The molecule has 29 heavy (non-hydrogen) atoms. The van der Waals surface area contributed by atoms with Gasteiger partial charge in [0.2, 0.25) is 0 Å². The zero-order chi connectivity index (χ0) is 20.9. The van der Waals surface area contributed by atoms with Crippen LogP contribution in [-0.2, 0) is 25.9 Å². The smallest absolute Gasteiger partial charge is 0.769 e. The first kappa shape index (κ1) is 27.9. The fraction of sp³-hybridized carbons (Fsp3) is 0.400. The van der Waals surface area contributed by atoms with Gasteiger partial charge in [0, 0.05) is 12.3 Å². The first-order valence-corrected chi connectivity index (χ1v) is 12.8. The number of unbranched alkanes of at least 4 members (excludes halogenated alkanes) is 2. The number of hydrogen-bond acceptors (Lipinski definition) is 6. The largest absolute Gasteiger partial charge is 2.00 e. The molecule has 0 aliphatic heterocycles. The first-order chi connectivity index (χ1) is 13.3. The molecule has 2 aromatic rings. The van der Waals surface area contributed by atoms with E-state index in [1.54, 1.807) is 48.5 Å². The van der Waals surface area contributed by atoms with E-state index in [2.05, 4.69) is 0 Å². The van der Waals surface area contributed by atoms with Crippen LogP contribution in [0.15, 0.2) is 60.7 Å². The minimum atomic E-state index is -3.68. The maximum atomic E-state index is 11.4. The van der Waals surface area contributed by atoms with Crippen molar-refractivity contribution in [2.75, 3.05) is 12.3 Å². The van der Waals surface area contributed by atoms with E-state index in [-0.39, 0.29) is 29.1 Å². The van der Waals surface area contributed by atoms with Crippen LogP contribution in [0.2, 0.25) is 0 Å². The van der Waals surface area contributed by atoms with Crippen LogP contribution in [0.5, 0.6) is 11.5 Å². The summed E-state index contributed by atoms with van der Waals surface area (Å²) in [6, 6.07) is 17.2. The maximum Gasteiger partial charge on any atom is 2.00 e. The maximum absolute atomic E-state index is 11.4. The molecule has 2 unspecified atom stereocenters. The summed E-state index contributed by atoms with van der Waals surface area (Å²) in [6.07, 6.45) is 3.22. The number of para-hydroxylation sites is 2. The fourth-order valence-electron chi connectivity index (χ4n) is 2.08. The van der Waals surface area contributed by atoms with Gasteiger partial charge in [0.1, 0.15) is 11.5 Å². The van der Waals surface area contributed by atoms with E-state index in [4.69, 9.17) is 9.05 Å². The van der Waals surface area contributed by atoms with Crippen LogP contribution >= 0.6 is 15.2 Å². The molecule has 0 aliphatic carbocycles. The van der Waals surface area contributed by atoms with E-state index in [9.17, 15) is 18.9 Å². The SMILES string of the molecule is CCCCP(=O)([O-])Oc1ccccc1.CCCCP(=O)([O-])Oc1ccccc1.[Co+2]. The first-order valence-electron chi connectivity index (χ1n) is 9.37. The number of benzene rings is 2. The molecule has 2 atom stereocenters. The zero-order valence-electron chi connectivity index (χ0n) is 16.7. The van der Waals surface area contributed by atoms with E-state index in [1.807, 2.05) is 26.0 Å². The molecule has 0 bridgehead atoms. The summed E-state index contributed by atoms with van der Waals surface area (Å²) in [6.45, 7) is 3.89. The quantitative estimate of drug-likeness (QED) is 0.447. The van der Waals surface area contributed by atoms with Gasteiger partial charge in [-0.1, -0.05) is 63.1 Å². The van der Waals surface area contributed by atoms with Crippen LogP contribution in [0, 0.1) is 0 Å². The van der Waals surface area contributed by atoms with Crippen molar-refractivity contribution in [3.63, 3.8) is 0 Å². The number of hydrogen-bond donors (Lipinski definition) is 0. The average molecular weight is 485 g/mol. The number of rotatable bonds is 10. The van der Waals surface area contributed by atoms with E-state index in [1.165, 1.54) is 0 Å². The molecule has 0 spiro atoms. The van der Waals surface area contributed by atoms with Crippen LogP contribution in [0.1, 0.15) is 39.5 Å². The Morgan fingerprint density at radius 2 is 1.00 bits per heavy atom. The Labute approximate surface area is 183 Å². The van der Waals surface area contributed by atoms with Gasteiger partial charge in [-0.05, 0) is 37.1 Å². The standard InChI is InChI=1S/2C10H15O3P.Co/c2*1-2-3-9-14(11,12)13-10-7-5-4-6-8-10;/h2*4-8H,2-3,9H2,1H3,(H,11,12);/q;;+2/p-2. The summed E-state index contributed by atoms with van der Waals surface area (Å²) in [7, 11) is -7.36. The third kappa shape index (κ3) is 13.7. The second-order valence-corrected chi connectivity index (χ2v) is 9.89. The van der Waals surface area contributed by atoms with Gasteiger partial charge in [-0.2, -0.15) is 0 Å². The van der Waals surface area contributed by atoms with Gasteiger partial charge in [-0.15, -0.1) is 0 Å². The van der Waals surface area contributed by atoms with Crippen molar-refractivity contribution in [3.05, 3.63) is 60.7 Å². The van der Waals surface area contributed by atoms with Gasteiger partial charge < -0.3 is 18.8 Å². The molecule has 6 nitrogen and oxygen atoms in total. The van der Waals surface area contributed by atoms with Crippen molar-refractivity contribution in [2.24, 2.45) is 0 Å². The molecule has 1 radical (unpaired) electrons. The minimum Gasteiger partial charge on any atom is -0.769 e. The monoisotopic (exact) mass is 485 g/mol. The van der Waals surface area contributed by atoms with Crippen molar-refractivity contribution in [2.45, 2.75) is 39.5 Å². The van der Waals surface area contributed by atoms with E-state index in [0.29, 0.717) is 24.3 Å². The average Bonchev–Trinajstić information content (AvgIpc) is 2.66. The molecule has 0 amide bonds. The molecule has 0 aliphatic rings. The van der Waals surface area contributed by atoms with Gasteiger partial charge in [-0.25, -0.2) is 0 Å². The molecule has 0 saturated heterocycles. The molecule has 0 saturated carbocycles. The van der Waals surface area contributed by atoms with Crippen molar-refractivity contribution < 1.29 is 44.7 Å². The van der Waals surface area contributed by atoms with Crippen LogP contribution in [0.3, 0.4) is 0 Å². The molecule has 2 aromatic carbocycles. The molecule has 0 N–H and O–H groups in total. The molecule has 0 heterocycles. The van der Waals surface area contributed by atoms with E-state index < -0.39 is 15.2 Å². The third-order valence-corrected chi connectivity index (χ3v) is 6.25. The minimum absolute atomic E-state index is 0. The zero-order valence-corrected chi connectivity index (χ0v) is 19.5. The van der Waals surface area contributed by atoms with Crippen LogP contribution in [0.4, 0.5) is 0 Å². The molecular formula is C20H28CoO6P2. The molecule has 163 valence electrons. The van der Waals surface area contributed by atoms with Crippen molar-refractivity contribution in [3.8, 4) is 11.5 Å². The second-order valence-electron chi connectivity index (χ2n) is 6.18. The second kappa shape index (κ2) is 14.8. The fourth-order valence-corrected chi connectivity index (χ4v) is 4.55. The Bertz CT molecular complexity index is 693. The summed E-state index contributed by atoms with van der Waals surface area (Å²) >= 11 is 0.